The average Bonchev–Trinajstić information content (AvgIpc) is 3.28. The van der Waals surface area contributed by atoms with E-state index in [2.05, 4.69) is 29.9 Å². The van der Waals surface area contributed by atoms with Crippen molar-refractivity contribution < 1.29 is 8.42 Å². The summed E-state index contributed by atoms with van der Waals surface area (Å²) < 4.78 is 28.1. The van der Waals surface area contributed by atoms with E-state index in [1.54, 1.807) is 48.8 Å². The molecule has 3 N–H and O–H groups in total. The number of anilines is 1. The number of hydrogen-bond acceptors (Lipinski definition) is 6. The first kappa shape index (κ1) is 26.7. The van der Waals surface area contributed by atoms with Crippen molar-refractivity contribution in [3.05, 3.63) is 72.0 Å². The van der Waals surface area contributed by atoms with Crippen LogP contribution in [0, 0.1) is 0 Å². The normalized spacial score (nSPS) is 11.4. The van der Waals surface area contributed by atoms with Crippen molar-refractivity contribution in [2.45, 2.75) is 50.5 Å². The number of nitrogens with two attached hydrogens (primary N) is 1. The van der Waals surface area contributed by atoms with E-state index in [9.17, 15) is 8.42 Å². The first-order chi connectivity index (χ1) is 17.0. The lowest BCUT2D eigenvalue weighted by Gasteiger charge is -2.17. The van der Waals surface area contributed by atoms with Gasteiger partial charge < -0.3 is 11.1 Å². The molecule has 0 bridgehead atoms. The molecule has 2 aromatic heterocycles. The van der Waals surface area contributed by atoms with Crippen LogP contribution in [0.2, 0.25) is 5.02 Å². The van der Waals surface area contributed by atoms with Crippen LogP contribution in [0.15, 0.2) is 71.9 Å². The van der Waals surface area contributed by atoms with Crippen molar-refractivity contribution >= 4 is 38.5 Å². The highest BCUT2D eigenvalue weighted by atomic mass is 35.5. The molecule has 0 amide bonds. The number of para-hydroxylation sites is 1. The summed E-state index contributed by atoms with van der Waals surface area (Å²) in [5, 5.41) is 4.54. The Labute approximate surface area is 212 Å². The molecule has 0 unspecified atom stereocenters. The number of halogens is 1. The SMILES string of the molecule is CCCC(CCC)Nc1ncc(Cl)c(-c2cn(S(=O)(=O)c3ccccc3)c3ccccc23)n1.CN. The largest absolute Gasteiger partial charge is 0.351 e. The number of nitrogens with zero attached hydrogens (tertiary/aromatic N) is 3. The Balaban J connectivity index is 0.00000167. The molecule has 9 heteroatoms. The summed E-state index contributed by atoms with van der Waals surface area (Å²) in [5.74, 6) is 0.490. The molecule has 0 saturated carbocycles. The summed E-state index contributed by atoms with van der Waals surface area (Å²) in [6.07, 6.45) is 7.32. The molecule has 0 aliphatic rings. The number of benzene rings is 2. The van der Waals surface area contributed by atoms with E-state index < -0.39 is 10.0 Å². The molecule has 0 radical (unpaired) electrons. The van der Waals surface area contributed by atoms with Crippen LogP contribution in [-0.4, -0.2) is 35.4 Å². The van der Waals surface area contributed by atoms with E-state index in [0.717, 1.165) is 31.1 Å². The summed E-state index contributed by atoms with van der Waals surface area (Å²) in [6, 6.07) is 16.0. The molecule has 7 nitrogen and oxygen atoms in total. The fourth-order valence-corrected chi connectivity index (χ4v) is 5.62. The fraction of sp³-hybridized carbons (Fsp3) is 0.308. The third-order valence-electron chi connectivity index (χ3n) is 5.58. The van der Waals surface area contributed by atoms with Crippen LogP contribution in [0.4, 0.5) is 5.95 Å². The van der Waals surface area contributed by atoms with Gasteiger partial charge in [-0.25, -0.2) is 22.4 Å². The molecule has 0 atom stereocenters. The summed E-state index contributed by atoms with van der Waals surface area (Å²) >= 11 is 6.52. The topological polar surface area (TPSA) is 103 Å². The Kier molecular flexibility index (Phi) is 9.26. The van der Waals surface area contributed by atoms with Crippen molar-refractivity contribution in [1.82, 2.24) is 13.9 Å². The number of nitrogens with one attached hydrogen (secondary N) is 1. The van der Waals surface area contributed by atoms with Crippen molar-refractivity contribution in [2.24, 2.45) is 5.73 Å². The lowest BCUT2D eigenvalue weighted by atomic mass is 10.1. The second kappa shape index (κ2) is 12.2. The summed E-state index contributed by atoms with van der Waals surface area (Å²) in [6.45, 7) is 4.31. The van der Waals surface area contributed by atoms with Crippen LogP contribution in [0.1, 0.15) is 39.5 Å². The zero-order valence-electron chi connectivity index (χ0n) is 20.3. The van der Waals surface area contributed by atoms with Gasteiger partial charge in [-0.15, -0.1) is 0 Å². The van der Waals surface area contributed by atoms with Crippen molar-refractivity contribution in [1.29, 1.82) is 0 Å². The zero-order valence-corrected chi connectivity index (χ0v) is 21.9. The third kappa shape index (κ3) is 5.83. The minimum Gasteiger partial charge on any atom is -0.351 e. The summed E-state index contributed by atoms with van der Waals surface area (Å²) in [7, 11) is -2.29. The third-order valence-corrected chi connectivity index (χ3v) is 7.55. The van der Waals surface area contributed by atoms with Gasteiger partial charge in [-0.1, -0.05) is 74.7 Å². The van der Waals surface area contributed by atoms with E-state index in [1.807, 2.05) is 18.2 Å². The zero-order chi connectivity index (χ0) is 25.4. The second-order valence-corrected chi connectivity index (χ2v) is 10.2. The predicted molar refractivity (Wildman–Crippen MR) is 144 cm³/mol. The minimum absolute atomic E-state index is 0.218. The molecule has 4 aromatic rings. The first-order valence-electron chi connectivity index (χ1n) is 11.7. The van der Waals surface area contributed by atoms with Gasteiger partial charge in [-0.3, -0.25) is 0 Å². The molecule has 35 heavy (non-hydrogen) atoms. The van der Waals surface area contributed by atoms with E-state index in [-0.39, 0.29) is 10.9 Å². The Morgan fingerprint density at radius 3 is 2.29 bits per heavy atom. The van der Waals surface area contributed by atoms with Crippen LogP contribution in [0.5, 0.6) is 0 Å². The van der Waals surface area contributed by atoms with Gasteiger partial charge in [0, 0.05) is 23.2 Å². The highest BCUT2D eigenvalue weighted by Gasteiger charge is 2.23. The van der Waals surface area contributed by atoms with Crippen LogP contribution >= 0.6 is 11.6 Å². The van der Waals surface area contributed by atoms with Gasteiger partial charge in [0.1, 0.15) is 0 Å². The van der Waals surface area contributed by atoms with Crippen LogP contribution in [0.3, 0.4) is 0 Å². The molecule has 186 valence electrons. The molecule has 0 aliphatic carbocycles. The number of fused-ring (bicyclic) bond motifs is 1. The smallest absolute Gasteiger partial charge is 0.268 e. The number of aromatic nitrogens is 3. The van der Waals surface area contributed by atoms with Gasteiger partial charge >= 0.3 is 0 Å². The van der Waals surface area contributed by atoms with E-state index >= 15 is 0 Å². The fourth-order valence-electron chi connectivity index (χ4n) is 4.04. The van der Waals surface area contributed by atoms with Gasteiger partial charge in [0.25, 0.3) is 10.0 Å². The molecular formula is C26H32ClN5O2S. The monoisotopic (exact) mass is 513 g/mol. The van der Waals surface area contributed by atoms with E-state index in [4.69, 9.17) is 16.6 Å². The Morgan fingerprint density at radius 2 is 1.63 bits per heavy atom. The van der Waals surface area contributed by atoms with E-state index in [0.29, 0.717) is 27.7 Å². The standard InChI is InChI=1S/C25H27ClN4O2S.CH5N/c1-3-10-18(11-4-2)28-25-27-16-22(26)24(29-25)21-17-30(23-15-9-8-14-20(21)23)33(31,32)19-12-6-5-7-13-19;1-2/h5-9,12-18H,3-4,10-11H2,1-2H3,(H,27,28,29);2H2,1H3. The molecule has 4 rings (SSSR count). The van der Waals surface area contributed by atoms with Crippen molar-refractivity contribution in [3.8, 4) is 11.3 Å². The maximum absolute atomic E-state index is 13.4. The van der Waals surface area contributed by atoms with Crippen LogP contribution < -0.4 is 11.1 Å². The summed E-state index contributed by atoms with van der Waals surface area (Å²) in [5.41, 5.74) is 6.21. The van der Waals surface area contributed by atoms with Gasteiger partial charge in [0.05, 0.1) is 27.3 Å². The Bertz CT molecular complexity index is 1350. The lowest BCUT2D eigenvalue weighted by Crippen LogP contribution is -2.20. The maximum Gasteiger partial charge on any atom is 0.268 e. The van der Waals surface area contributed by atoms with Crippen LogP contribution in [-0.2, 0) is 10.0 Å². The van der Waals surface area contributed by atoms with Gasteiger partial charge in [0.15, 0.2) is 0 Å². The van der Waals surface area contributed by atoms with Gasteiger partial charge in [0.2, 0.25) is 5.95 Å². The molecule has 0 aliphatic heterocycles. The van der Waals surface area contributed by atoms with E-state index in [1.165, 1.54) is 11.0 Å². The first-order valence-corrected chi connectivity index (χ1v) is 13.5. The predicted octanol–water partition coefficient (Wildman–Crippen LogP) is 5.94. The second-order valence-electron chi connectivity index (χ2n) is 7.98. The van der Waals surface area contributed by atoms with Crippen molar-refractivity contribution in [3.63, 3.8) is 0 Å². The molecule has 0 fully saturated rings. The highest BCUT2D eigenvalue weighted by Crippen LogP contribution is 2.35. The minimum atomic E-state index is -3.79. The summed E-state index contributed by atoms with van der Waals surface area (Å²) in [4.78, 5) is 9.29. The molecular weight excluding hydrogens is 482 g/mol. The lowest BCUT2D eigenvalue weighted by molar-refractivity contribution is 0.582. The van der Waals surface area contributed by atoms with Gasteiger partial charge in [-0.05, 0) is 38.1 Å². The van der Waals surface area contributed by atoms with Crippen LogP contribution in [0.25, 0.3) is 22.2 Å². The molecule has 2 aromatic carbocycles. The molecule has 2 heterocycles. The average molecular weight is 514 g/mol. The number of hydrogen-bond donors (Lipinski definition) is 2. The highest BCUT2D eigenvalue weighted by molar-refractivity contribution is 7.90. The quantitative estimate of drug-likeness (QED) is 0.287. The van der Waals surface area contributed by atoms with Gasteiger partial charge in [-0.2, -0.15) is 0 Å². The Morgan fingerprint density at radius 1 is 1.00 bits per heavy atom. The van der Waals surface area contributed by atoms with Crippen molar-refractivity contribution in [2.75, 3.05) is 12.4 Å². The molecule has 0 saturated heterocycles. The Hall–Kier alpha value is -2.94. The maximum atomic E-state index is 13.4. The number of rotatable bonds is 9. The molecule has 0 spiro atoms.